The van der Waals surface area contributed by atoms with Crippen LogP contribution in [0.5, 0.6) is 0 Å². The summed E-state index contributed by atoms with van der Waals surface area (Å²) in [7, 11) is 1.73. The smallest absolute Gasteiger partial charge is 0.264 e. The molecule has 1 aromatic rings. The summed E-state index contributed by atoms with van der Waals surface area (Å²) in [5.74, 6) is 0. The summed E-state index contributed by atoms with van der Waals surface area (Å²) in [5, 5.41) is 14.4. The minimum Gasteiger partial charge on any atom is -0.391 e. The molecule has 0 bridgehead atoms. The number of halogens is 1. The Bertz CT molecular complexity index is 568. The molecule has 1 saturated carbocycles. The standard InChI is InChI=1S/C12H19ClN2O3S/c1-3-8-12(19(13,17)18)9(4-2)15(14-8)10-6-5-7-11(10)16/h10-11,16H,3-7H2,1-2H3. The van der Waals surface area contributed by atoms with E-state index in [1.54, 1.807) is 4.68 Å². The van der Waals surface area contributed by atoms with Crippen LogP contribution in [0.1, 0.15) is 50.5 Å². The highest BCUT2D eigenvalue weighted by Crippen LogP contribution is 2.34. The first kappa shape index (κ1) is 14.8. The molecule has 1 N–H and O–H groups in total. The molecule has 1 fully saturated rings. The molecule has 108 valence electrons. The van der Waals surface area contributed by atoms with E-state index in [2.05, 4.69) is 5.10 Å². The Morgan fingerprint density at radius 3 is 2.47 bits per heavy atom. The Labute approximate surface area is 118 Å². The van der Waals surface area contributed by atoms with Gasteiger partial charge in [0, 0.05) is 10.7 Å². The number of nitrogens with zero attached hydrogens (tertiary/aromatic N) is 2. The van der Waals surface area contributed by atoms with Gasteiger partial charge in [-0.3, -0.25) is 4.68 Å². The predicted octanol–water partition coefficient (Wildman–Crippen LogP) is 2.02. The van der Waals surface area contributed by atoms with Crippen molar-refractivity contribution in [1.82, 2.24) is 9.78 Å². The van der Waals surface area contributed by atoms with Gasteiger partial charge in [0.05, 0.1) is 23.5 Å². The van der Waals surface area contributed by atoms with Gasteiger partial charge in [0.1, 0.15) is 4.90 Å². The van der Waals surface area contributed by atoms with Crippen molar-refractivity contribution < 1.29 is 13.5 Å². The Morgan fingerprint density at radius 1 is 1.37 bits per heavy atom. The second-order valence-corrected chi connectivity index (χ2v) is 7.38. The van der Waals surface area contributed by atoms with E-state index >= 15 is 0 Å². The van der Waals surface area contributed by atoms with Crippen LogP contribution in [-0.2, 0) is 21.9 Å². The average molecular weight is 307 g/mol. The Morgan fingerprint density at radius 2 is 2.05 bits per heavy atom. The largest absolute Gasteiger partial charge is 0.391 e. The van der Waals surface area contributed by atoms with Crippen molar-refractivity contribution in [3.05, 3.63) is 11.4 Å². The van der Waals surface area contributed by atoms with Gasteiger partial charge in [0.15, 0.2) is 0 Å². The Kier molecular flexibility index (Phi) is 4.23. The molecule has 0 amide bonds. The molecule has 2 atom stereocenters. The van der Waals surface area contributed by atoms with Gasteiger partial charge < -0.3 is 5.11 Å². The molecule has 0 aromatic carbocycles. The van der Waals surface area contributed by atoms with Gasteiger partial charge in [0.2, 0.25) is 0 Å². The number of hydrogen-bond acceptors (Lipinski definition) is 4. The van der Waals surface area contributed by atoms with Crippen molar-refractivity contribution in [1.29, 1.82) is 0 Å². The van der Waals surface area contributed by atoms with Gasteiger partial charge in [-0.1, -0.05) is 13.8 Å². The minimum absolute atomic E-state index is 0.132. The van der Waals surface area contributed by atoms with E-state index in [0.717, 1.165) is 19.3 Å². The molecule has 2 rings (SSSR count). The highest BCUT2D eigenvalue weighted by atomic mass is 35.7. The molecular formula is C12H19ClN2O3S. The number of aliphatic hydroxyl groups is 1. The van der Waals surface area contributed by atoms with Crippen LogP contribution >= 0.6 is 10.7 Å². The molecule has 1 heterocycles. The number of aromatic nitrogens is 2. The quantitative estimate of drug-likeness (QED) is 0.864. The third-order valence-electron chi connectivity index (χ3n) is 3.70. The lowest BCUT2D eigenvalue weighted by Crippen LogP contribution is -2.21. The molecule has 1 aliphatic rings. The van der Waals surface area contributed by atoms with Crippen LogP contribution in [0.15, 0.2) is 4.90 Å². The molecule has 0 radical (unpaired) electrons. The third kappa shape index (κ3) is 2.66. The maximum Gasteiger partial charge on any atom is 0.264 e. The fourth-order valence-electron chi connectivity index (χ4n) is 2.82. The zero-order valence-corrected chi connectivity index (χ0v) is 12.7. The first-order chi connectivity index (χ1) is 8.90. The van der Waals surface area contributed by atoms with E-state index in [-0.39, 0.29) is 10.9 Å². The SMILES string of the molecule is CCc1nn(C2CCCC2O)c(CC)c1S(=O)(=O)Cl. The van der Waals surface area contributed by atoms with Crippen LogP contribution in [0.3, 0.4) is 0 Å². The lowest BCUT2D eigenvalue weighted by Gasteiger charge is -2.17. The van der Waals surface area contributed by atoms with Gasteiger partial charge in [-0.15, -0.1) is 0 Å². The van der Waals surface area contributed by atoms with Crippen molar-refractivity contribution >= 4 is 19.7 Å². The monoisotopic (exact) mass is 306 g/mol. The summed E-state index contributed by atoms with van der Waals surface area (Å²) in [6, 6.07) is -0.132. The zero-order valence-electron chi connectivity index (χ0n) is 11.1. The molecule has 1 aromatic heterocycles. The lowest BCUT2D eigenvalue weighted by molar-refractivity contribution is 0.128. The number of aliphatic hydroxyl groups excluding tert-OH is 1. The topological polar surface area (TPSA) is 72.2 Å². The van der Waals surface area contributed by atoms with Crippen LogP contribution in [0, 0.1) is 0 Å². The first-order valence-electron chi connectivity index (χ1n) is 6.63. The third-order valence-corrected chi connectivity index (χ3v) is 5.12. The average Bonchev–Trinajstić information content (AvgIpc) is 2.90. The van der Waals surface area contributed by atoms with Gasteiger partial charge in [-0.2, -0.15) is 5.10 Å². The normalized spacial score (nSPS) is 24.0. The van der Waals surface area contributed by atoms with Crippen LogP contribution in [0.4, 0.5) is 0 Å². The summed E-state index contributed by atoms with van der Waals surface area (Å²) < 4.78 is 25.2. The molecule has 19 heavy (non-hydrogen) atoms. The van der Waals surface area contributed by atoms with E-state index in [4.69, 9.17) is 10.7 Å². The van der Waals surface area contributed by atoms with E-state index in [0.29, 0.717) is 24.2 Å². The molecule has 0 spiro atoms. The molecule has 7 heteroatoms. The molecule has 0 saturated heterocycles. The molecular weight excluding hydrogens is 288 g/mol. The van der Waals surface area contributed by atoms with Gasteiger partial charge in [-0.05, 0) is 32.1 Å². The van der Waals surface area contributed by atoms with Crippen molar-refractivity contribution in [2.24, 2.45) is 0 Å². The van der Waals surface area contributed by atoms with Gasteiger partial charge >= 0.3 is 0 Å². The van der Waals surface area contributed by atoms with Crippen molar-refractivity contribution in [2.75, 3.05) is 0 Å². The Balaban J connectivity index is 2.60. The maximum absolute atomic E-state index is 11.8. The predicted molar refractivity (Wildman–Crippen MR) is 72.9 cm³/mol. The maximum atomic E-state index is 11.8. The summed E-state index contributed by atoms with van der Waals surface area (Å²) in [5.41, 5.74) is 1.10. The van der Waals surface area contributed by atoms with E-state index in [9.17, 15) is 13.5 Å². The zero-order chi connectivity index (χ0) is 14.2. The van der Waals surface area contributed by atoms with E-state index in [1.165, 1.54) is 0 Å². The molecule has 0 aliphatic heterocycles. The van der Waals surface area contributed by atoms with Crippen LogP contribution in [0.25, 0.3) is 0 Å². The first-order valence-corrected chi connectivity index (χ1v) is 8.94. The minimum atomic E-state index is -3.81. The summed E-state index contributed by atoms with van der Waals surface area (Å²) in [4.78, 5) is 0.137. The highest BCUT2D eigenvalue weighted by molar-refractivity contribution is 8.13. The molecule has 1 aliphatic carbocycles. The number of aryl methyl sites for hydroxylation is 1. The van der Waals surface area contributed by atoms with Gasteiger partial charge in [-0.25, -0.2) is 8.42 Å². The number of rotatable bonds is 4. The van der Waals surface area contributed by atoms with Crippen molar-refractivity contribution in [2.45, 2.75) is 63.0 Å². The summed E-state index contributed by atoms with van der Waals surface area (Å²) >= 11 is 0. The lowest BCUT2D eigenvalue weighted by atomic mass is 10.2. The van der Waals surface area contributed by atoms with Crippen LogP contribution < -0.4 is 0 Å². The summed E-state index contributed by atoms with van der Waals surface area (Å²) in [6.07, 6.45) is 3.06. The fourth-order valence-corrected chi connectivity index (χ4v) is 4.34. The van der Waals surface area contributed by atoms with E-state index < -0.39 is 15.2 Å². The fraction of sp³-hybridized carbons (Fsp3) is 0.750. The van der Waals surface area contributed by atoms with Crippen LogP contribution in [0.2, 0.25) is 0 Å². The van der Waals surface area contributed by atoms with Crippen molar-refractivity contribution in [3.63, 3.8) is 0 Å². The van der Waals surface area contributed by atoms with E-state index in [1.807, 2.05) is 13.8 Å². The molecule has 2 unspecified atom stereocenters. The molecule has 5 nitrogen and oxygen atoms in total. The van der Waals surface area contributed by atoms with Crippen LogP contribution in [-0.4, -0.2) is 29.4 Å². The Hall–Kier alpha value is -0.590. The number of hydrogen-bond donors (Lipinski definition) is 1. The highest BCUT2D eigenvalue weighted by Gasteiger charge is 2.33. The van der Waals surface area contributed by atoms with Gasteiger partial charge in [0.25, 0.3) is 9.05 Å². The summed E-state index contributed by atoms with van der Waals surface area (Å²) in [6.45, 7) is 3.72. The second kappa shape index (κ2) is 5.42. The second-order valence-electron chi connectivity index (χ2n) is 4.88. The van der Waals surface area contributed by atoms with Crippen molar-refractivity contribution in [3.8, 4) is 0 Å².